The summed E-state index contributed by atoms with van der Waals surface area (Å²) < 4.78 is 10.7. The number of carbonyl (C=O) groups is 3. The van der Waals surface area contributed by atoms with Crippen LogP contribution in [0, 0.1) is 13.8 Å². The molecule has 0 aromatic heterocycles. The van der Waals surface area contributed by atoms with Gasteiger partial charge in [-0.05, 0) is 81.1 Å². The predicted octanol–water partition coefficient (Wildman–Crippen LogP) is 6.14. The molecule has 0 aliphatic rings. The Balaban J connectivity index is 2.07. The number of methoxy groups -OCH3 is 1. The van der Waals surface area contributed by atoms with Crippen LogP contribution in [-0.2, 0) is 20.7 Å². The van der Waals surface area contributed by atoms with E-state index in [1.54, 1.807) is 58.2 Å². The highest BCUT2D eigenvalue weighted by Crippen LogP contribution is 2.30. The van der Waals surface area contributed by atoms with Crippen molar-refractivity contribution in [2.24, 2.45) is 0 Å². The van der Waals surface area contributed by atoms with E-state index in [-0.39, 0.29) is 13.0 Å². The van der Waals surface area contributed by atoms with Crippen molar-refractivity contribution in [1.29, 1.82) is 0 Å². The van der Waals surface area contributed by atoms with Gasteiger partial charge < -0.3 is 25.0 Å². The van der Waals surface area contributed by atoms with Gasteiger partial charge in [0.25, 0.3) is 5.91 Å². The van der Waals surface area contributed by atoms with Crippen LogP contribution in [0.15, 0.2) is 85.5 Å². The molecule has 0 aliphatic heterocycles. The molecule has 0 bridgehead atoms. The maximum Gasteiger partial charge on any atom is 0.408 e. The molecule has 3 rings (SSSR count). The Labute approximate surface area is 248 Å². The van der Waals surface area contributed by atoms with Crippen LogP contribution in [0.5, 0.6) is 5.75 Å². The summed E-state index contributed by atoms with van der Waals surface area (Å²) in [5.41, 5.74) is 3.05. The minimum Gasteiger partial charge on any atom is -0.497 e. The van der Waals surface area contributed by atoms with Crippen LogP contribution < -0.4 is 15.4 Å². The standard InChI is InChI=1S/C34H41N3O5/c1-8-21-37(32(39)28(22-25-15-10-9-11-16-25)36-33(40)42-34(4,5)6)30(29-23(2)13-12-14-24(29)3)31(38)35-26-17-19-27(41-7)20-18-26/h8-20,28,30H,1,21-22H2,2-7H3,(H,35,38)(H,36,40). The number of amides is 3. The summed E-state index contributed by atoms with van der Waals surface area (Å²) in [6.07, 6.45) is 1.06. The van der Waals surface area contributed by atoms with Gasteiger partial charge in [0.15, 0.2) is 0 Å². The van der Waals surface area contributed by atoms with Crippen molar-refractivity contribution in [3.63, 3.8) is 0 Å². The lowest BCUT2D eigenvalue weighted by molar-refractivity contribution is -0.140. The van der Waals surface area contributed by atoms with Crippen molar-refractivity contribution in [3.05, 3.63) is 108 Å². The van der Waals surface area contributed by atoms with Crippen LogP contribution in [0.2, 0.25) is 0 Å². The number of carbonyl (C=O) groups excluding carboxylic acids is 3. The number of ether oxygens (including phenoxy) is 2. The molecule has 2 N–H and O–H groups in total. The summed E-state index contributed by atoms with van der Waals surface area (Å²) in [7, 11) is 1.57. The van der Waals surface area contributed by atoms with Gasteiger partial charge in [0.2, 0.25) is 5.91 Å². The van der Waals surface area contributed by atoms with Gasteiger partial charge in [0.05, 0.1) is 7.11 Å². The number of aryl methyl sites for hydroxylation is 2. The van der Waals surface area contributed by atoms with Crippen molar-refractivity contribution in [3.8, 4) is 5.75 Å². The van der Waals surface area contributed by atoms with Gasteiger partial charge in [-0.15, -0.1) is 6.58 Å². The third-order valence-electron chi connectivity index (χ3n) is 6.61. The molecule has 42 heavy (non-hydrogen) atoms. The third kappa shape index (κ3) is 8.70. The lowest BCUT2D eigenvalue weighted by atomic mass is 9.93. The quantitative estimate of drug-likeness (QED) is 0.270. The highest BCUT2D eigenvalue weighted by molar-refractivity contribution is 5.99. The van der Waals surface area contributed by atoms with E-state index >= 15 is 0 Å². The predicted molar refractivity (Wildman–Crippen MR) is 165 cm³/mol. The van der Waals surface area contributed by atoms with Crippen LogP contribution in [-0.4, -0.2) is 48.1 Å². The van der Waals surface area contributed by atoms with Gasteiger partial charge in [-0.2, -0.15) is 0 Å². The van der Waals surface area contributed by atoms with Crippen LogP contribution >= 0.6 is 0 Å². The molecule has 0 saturated heterocycles. The Bertz CT molecular complexity index is 1360. The van der Waals surface area contributed by atoms with Gasteiger partial charge in [0, 0.05) is 18.7 Å². The molecule has 8 nitrogen and oxygen atoms in total. The fraction of sp³-hybridized carbons (Fsp3) is 0.324. The van der Waals surface area contributed by atoms with Crippen LogP contribution in [0.3, 0.4) is 0 Å². The smallest absolute Gasteiger partial charge is 0.408 e. The number of hydrogen-bond acceptors (Lipinski definition) is 5. The summed E-state index contributed by atoms with van der Waals surface area (Å²) in [4.78, 5) is 42.9. The number of benzene rings is 3. The fourth-order valence-electron chi connectivity index (χ4n) is 4.73. The molecule has 0 radical (unpaired) electrons. The lowest BCUT2D eigenvalue weighted by Crippen LogP contribution is -2.53. The molecule has 2 unspecified atom stereocenters. The first-order valence-corrected chi connectivity index (χ1v) is 13.9. The maximum atomic E-state index is 14.4. The first-order valence-electron chi connectivity index (χ1n) is 13.9. The molecule has 3 amide bonds. The number of nitrogens with zero attached hydrogens (tertiary/aromatic N) is 1. The number of hydrogen-bond donors (Lipinski definition) is 2. The van der Waals surface area contributed by atoms with Gasteiger partial charge >= 0.3 is 6.09 Å². The molecule has 8 heteroatoms. The number of alkyl carbamates (subject to hydrolysis) is 1. The van der Waals surface area contributed by atoms with E-state index in [0.29, 0.717) is 17.0 Å². The molecule has 0 aliphatic carbocycles. The highest BCUT2D eigenvalue weighted by atomic mass is 16.6. The monoisotopic (exact) mass is 571 g/mol. The number of anilines is 1. The Morgan fingerprint density at radius 2 is 1.55 bits per heavy atom. The third-order valence-corrected chi connectivity index (χ3v) is 6.61. The van der Waals surface area contributed by atoms with Crippen molar-refractivity contribution >= 4 is 23.6 Å². The minimum atomic E-state index is -1.02. The van der Waals surface area contributed by atoms with Gasteiger partial charge in [0.1, 0.15) is 23.4 Å². The van der Waals surface area contributed by atoms with E-state index in [1.165, 1.54) is 4.90 Å². The molecule has 222 valence electrons. The Kier molecular flexibility index (Phi) is 10.9. The number of rotatable bonds is 11. The second-order valence-electron chi connectivity index (χ2n) is 11.1. The summed E-state index contributed by atoms with van der Waals surface area (Å²) >= 11 is 0. The Hall–Kier alpha value is -4.59. The molecule has 3 aromatic rings. The zero-order valence-corrected chi connectivity index (χ0v) is 25.3. The van der Waals surface area contributed by atoms with Crippen LogP contribution in [0.25, 0.3) is 0 Å². The topological polar surface area (TPSA) is 97.0 Å². The SMILES string of the molecule is C=CCN(C(=O)C(Cc1ccccc1)NC(=O)OC(C)(C)C)C(C(=O)Nc1ccc(OC)cc1)c1c(C)cccc1C. The second kappa shape index (κ2) is 14.3. The van der Waals surface area contributed by atoms with E-state index < -0.39 is 35.6 Å². The molecular weight excluding hydrogens is 530 g/mol. The van der Waals surface area contributed by atoms with E-state index in [0.717, 1.165) is 16.7 Å². The van der Waals surface area contributed by atoms with Crippen molar-refractivity contribution in [2.75, 3.05) is 19.0 Å². The first kappa shape index (κ1) is 31.9. The zero-order chi connectivity index (χ0) is 30.9. The zero-order valence-electron chi connectivity index (χ0n) is 25.3. The number of nitrogens with one attached hydrogen (secondary N) is 2. The fourth-order valence-corrected chi connectivity index (χ4v) is 4.73. The second-order valence-corrected chi connectivity index (χ2v) is 11.1. The van der Waals surface area contributed by atoms with E-state index in [4.69, 9.17) is 9.47 Å². The van der Waals surface area contributed by atoms with Crippen molar-refractivity contribution in [1.82, 2.24) is 10.2 Å². The van der Waals surface area contributed by atoms with Crippen molar-refractivity contribution < 1.29 is 23.9 Å². The van der Waals surface area contributed by atoms with Crippen LogP contribution in [0.1, 0.15) is 49.1 Å². The molecule has 0 saturated carbocycles. The summed E-state index contributed by atoms with van der Waals surface area (Å²) in [6, 6.07) is 20.1. The molecular formula is C34H41N3O5. The van der Waals surface area contributed by atoms with Crippen LogP contribution in [0.4, 0.5) is 10.5 Å². The van der Waals surface area contributed by atoms with Gasteiger partial charge in [-0.25, -0.2) is 4.79 Å². The Morgan fingerprint density at radius 1 is 0.929 bits per heavy atom. The van der Waals surface area contributed by atoms with Gasteiger partial charge in [-0.1, -0.05) is 54.6 Å². The summed E-state index contributed by atoms with van der Waals surface area (Å²) in [6.45, 7) is 13.0. The van der Waals surface area contributed by atoms with E-state index in [2.05, 4.69) is 17.2 Å². The molecule has 3 aromatic carbocycles. The Morgan fingerprint density at radius 3 is 2.10 bits per heavy atom. The molecule has 0 spiro atoms. The van der Waals surface area contributed by atoms with Crippen molar-refractivity contribution in [2.45, 2.75) is 58.7 Å². The van der Waals surface area contributed by atoms with E-state index in [1.807, 2.05) is 62.4 Å². The maximum absolute atomic E-state index is 14.4. The summed E-state index contributed by atoms with van der Waals surface area (Å²) in [5.74, 6) is -0.189. The summed E-state index contributed by atoms with van der Waals surface area (Å²) in [5, 5.41) is 5.73. The normalized spacial score (nSPS) is 12.4. The largest absolute Gasteiger partial charge is 0.497 e. The molecule has 0 heterocycles. The molecule has 0 fully saturated rings. The average Bonchev–Trinajstić information content (AvgIpc) is 2.93. The molecule has 2 atom stereocenters. The van der Waals surface area contributed by atoms with Gasteiger partial charge in [-0.3, -0.25) is 9.59 Å². The van der Waals surface area contributed by atoms with E-state index in [9.17, 15) is 14.4 Å². The first-order chi connectivity index (χ1) is 19.9. The minimum absolute atomic E-state index is 0.0641. The lowest BCUT2D eigenvalue weighted by Gasteiger charge is -2.35. The highest BCUT2D eigenvalue weighted by Gasteiger charge is 2.37. The average molecular weight is 572 g/mol.